The maximum atomic E-state index is 4.44. The third-order valence-corrected chi connectivity index (χ3v) is 4.06. The standard InChI is InChI=1S/C15H28N4/c1-12(2)19(10-14-7-5-6-8-16-14)11-15-9-13(3)17-18(15)4/h9,12,14,16H,5-8,10-11H2,1-4H3. The molecule has 19 heavy (non-hydrogen) atoms. The summed E-state index contributed by atoms with van der Waals surface area (Å²) in [6.45, 7) is 9.94. The Labute approximate surface area is 117 Å². The van der Waals surface area contributed by atoms with Gasteiger partial charge in [0.2, 0.25) is 0 Å². The lowest BCUT2D eigenvalue weighted by Crippen LogP contribution is -2.45. The van der Waals surface area contributed by atoms with Gasteiger partial charge in [-0.1, -0.05) is 6.42 Å². The van der Waals surface area contributed by atoms with E-state index in [2.05, 4.69) is 42.2 Å². The summed E-state index contributed by atoms with van der Waals surface area (Å²) in [7, 11) is 2.04. The largest absolute Gasteiger partial charge is 0.313 e. The minimum Gasteiger partial charge on any atom is -0.313 e. The highest BCUT2D eigenvalue weighted by atomic mass is 15.3. The number of piperidine rings is 1. The lowest BCUT2D eigenvalue weighted by atomic mass is 10.0. The molecular weight excluding hydrogens is 236 g/mol. The Morgan fingerprint density at radius 1 is 1.47 bits per heavy atom. The molecule has 4 nitrogen and oxygen atoms in total. The lowest BCUT2D eigenvalue weighted by molar-refractivity contribution is 0.173. The zero-order valence-electron chi connectivity index (χ0n) is 12.8. The van der Waals surface area contributed by atoms with Crippen LogP contribution in [0.3, 0.4) is 0 Å². The Morgan fingerprint density at radius 2 is 2.26 bits per heavy atom. The molecule has 0 bridgehead atoms. The van der Waals surface area contributed by atoms with Crippen molar-refractivity contribution in [3.8, 4) is 0 Å². The van der Waals surface area contributed by atoms with Crippen LogP contribution in [-0.4, -0.2) is 39.9 Å². The van der Waals surface area contributed by atoms with E-state index < -0.39 is 0 Å². The van der Waals surface area contributed by atoms with Gasteiger partial charge in [0.05, 0.1) is 11.4 Å². The summed E-state index contributed by atoms with van der Waals surface area (Å²) < 4.78 is 2.01. The maximum Gasteiger partial charge on any atom is 0.0597 e. The molecule has 1 atom stereocenters. The molecule has 2 rings (SSSR count). The second-order valence-electron chi connectivity index (χ2n) is 6.07. The maximum absolute atomic E-state index is 4.44. The Bertz CT molecular complexity index is 391. The van der Waals surface area contributed by atoms with E-state index in [-0.39, 0.29) is 0 Å². The first kappa shape index (κ1) is 14.5. The van der Waals surface area contributed by atoms with Crippen LogP contribution in [0, 0.1) is 6.92 Å². The number of nitrogens with zero attached hydrogens (tertiary/aromatic N) is 3. The van der Waals surface area contributed by atoms with Crippen molar-refractivity contribution >= 4 is 0 Å². The molecule has 1 aliphatic heterocycles. The van der Waals surface area contributed by atoms with Crippen LogP contribution in [0.15, 0.2) is 6.07 Å². The van der Waals surface area contributed by atoms with Crippen molar-refractivity contribution in [3.05, 3.63) is 17.5 Å². The Hall–Kier alpha value is -0.870. The second kappa shape index (κ2) is 6.53. The molecule has 0 aliphatic carbocycles. The molecule has 0 aromatic carbocycles. The van der Waals surface area contributed by atoms with Crippen molar-refractivity contribution in [2.24, 2.45) is 7.05 Å². The number of aryl methyl sites for hydroxylation is 2. The van der Waals surface area contributed by atoms with Gasteiger partial charge in [0.25, 0.3) is 0 Å². The Balaban J connectivity index is 1.97. The van der Waals surface area contributed by atoms with Crippen molar-refractivity contribution in [2.45, 2.75) is 58.7 Å². The summed E-state index contributed by atoms with van der Waals surface area (Å²) in [5.41, 5.74) is 2.42. The number of rotatable bonds is 5. The van der Waals surface area contributed by atoms with Gasteiger partial charge >= 0.3 is 0 Å². The van der Waals surface area contributed by atoms with E-state index in [4.69, 9.17) is 0 Å². The van der Waals surface area contributed by atoms with Crippen molar-refractivity contribution in [1.29, 1.82) is 0 Å². The minimum absolute atomic E-state index is 0.568. The quantitative estimate of drug-likeness (QED) is 0.884. The second-order valence-corrected chi connectivity index (χ2v) is 6.07. The summed E-state index contributed by atoms with van der Waals surface area (Å²) in [4.78, 5) is 2.55. The van der Waals surface area contributed by atoms with E-state index in [9.17, 15) is 0 Å². The third-order valence-electron chi connectivity index (χ3n) is 4.06. The number of aromatic nitrogens is 2. The molecule has 1 aliphatic rings. The van der Waals surface area contributed by atoms with E-state index in [0.29, 0.717) is 12.1 Å². The molecule has 108 valence electrons. The van der Waals surface area contributed by atoms with Crippen molar-refractivity contribution in [3.63, 3.8) is 0 Å². The van der Waals surface area contributed by atoms with Crippen LogP contribution in [0.25, 0.3) is 0 Å². The first-order chi connectivity index (χ1) is 9.06. The molecule has 0 amide bonds. The molecular formula is C15H28N4. The van der Waals surface area contributed by atoms with Crippen molar-refractivity contribution in [2.75, 3.05) is 13.1 Å². The van der Waals surface area contributed by atoms with Gasteiger partial charge in [0.15, 0.2) is 0 Å². The highest BCUT2D eigenvalue weighted by molar-refractivity contribution is 5.08. The van der Waals surface area contributed by atoms with Gasteiger partial charge in [-0.15, -0.1) is 0 Å². The average molecular weight is 264 g/mol. The van der Waals surface area contributed by atoms with Gasteiger partial charge in [0.1, 0.15) is 0 Å². The van der Waals surface area contributed by atoms with Gasteiger partial charge in [-0.2, -0.15) is 5.10 Å². The Kier molecular flexibility index (Phi) is 4.99. The zero-order chi connectivity index (χ0) is 13.8. The summed E-state index contributed by atoms with van der Waals surface area (Å²) in [6.07, 6.45) is 4.02. The van der Waals surface area contributed by atoms with E-state index in [1.54, 1.807) is 0 Å². The zero-order valence-corrected chi connectivity index (χ0v) is 12.8. The molecule has 1 N–H and O–H groups in total. The van der Waals surface area contributed by atoms with Gasteiger partial charge in [-0.25, -0.2) is 0 Å². The summed E-state index contributed by atoms with van der Waals surface area (Å²) in [5.74, 6) is 0. The molecule has 0 saturated carbocycles. The van der Waals surface area contributed by atoms with Crippen LogP contribution in [0.5, 0.6) is 0 Å². The number of hydrogen-bond acceptors (Lipinski definition) is 3. The summed E-state index contributed by atoms with van der Waals surface area (Å²) >= 11 is 0. The highest BCUT2D eigenvalue weighted by Crippen LogP contribution is 2.14. The average Bonchev–Trinajstić information content (AvgIpc) is 2.68. The minimum atomic E-state index is 0.568. The molecule has 1 unspecified atom stereocenters. The van der Waals surface area contributed by atoms with Crippen LogP contribution in [0.4, 0.5) is 0 Å². The van der Waals surface area contributed by atoms with Crippen LogP contribution < -0.4 is 5.32 Å². The first-order valence-electron chi connectivity index (χ1n) is 7.53. The number of hydrogen-bond donors (Lipinski definition) is 1. The van der Waals surface area contributed by atoms with E-state index in [1.807, 2.05) is 11.7 Å². The fourth-order valence-corrected chi connectivity index (χ4v) is 2.84. The summed E-state index contributed by atoms with van der Waals surface area (Å²) in [5, 5.41) is 8.09. The van der Waals surface area contributed by atoms with E-state index >= 15 is 0 Å². The predicted molar refractivity (Wildman–Crippen MR) is 79.1 cm³/mol. The molecule has 1 fully saturated rings. The predicted octanol–water partition coefficient (Wildman–Crippen LogP) is 2.08. The van der Waals surface area contributed by atoms with E-state index in [0.717, 1.165) is 18.8 Å². The fourth-order valence-electron chi connectivity index (χ4n) is 2.84. The normalized spacial score (nSPS) is 20.4. The van der Waals surface area contributed by atoms with Gasteiger partial charge in [-0.05, 0) is 46.2 Å². The SMILES string of the molecule is Cc1cc(CN(CC2CCCCN2)C(C)C)n(C)n1. The van der Waals surface area contributed by atoms with Crippen LogP contribution >= 0.6 is 0 Å². The highest BCUT2D eigenvalue weighted by Gasteiger charge is 2.19. The van der Waals surface area contributed by atoms with Crippen LogP contribution in [0.2, 0.25) is 0 Å². The van der Waals surface area contributed by atoms with Gasteiger partial charge < -0.3 is 5.32 Å². The fraction of sp³-hybridized carbons (Fsp3) is 0.800. The van der Waals surface area contributed by atoms with E-state index in [1.165, 1.54) is 31.5 Å². The van der Waals surface area contributed by atoms with Crippen LogP contribution in [0.1, 0.15) is 44.5 Å². The molecule has 1 aromatic heterocycles. The molecule has 1 saturated heterocycles. The molecule has 4 heteroatoms. The van der Waals surface area contributed by atoms with Gasteiger partial charge in [-0.3, -0.25) is 9.58 Å². The third kappa shape index (κ3) is 4.05. The monoisotopic (exact) mass is 264 g/mol. The lowest BCUT2D eigenvalue weighted by Gasteiger charge is -2.33. The number of nitrogens with one attached hydrogen (secondary N) is 1. The van der Waals surface area contributed by atoms with Gasteiger partial charge in [0, 0.05) is 32.2 Å². The molecule has 0 radical (unpaired) electrons. The van der Waals surface area contributed by atoms with Crippen LogP contribution in [-0.2, 0) is 13.6 Å². The molecule has 2 heterocycles. The van der Waals surface area contributed by atoms with Crippen molar-refractivity contribution in [1.82, 2.24) is 20.0 Å². The molecule has 1 aromatic rings. The Morgan fingerprint density at radius 3 is 2.79 bits per heavy atom. The topological polar surface area (TPSA) is 33.1 Å². The first-order valence-corrected chi connectivity index (χ1v) is 7.53. The smallest absolute Gasteiger partial charge is 0.0597 e. The molecule has 0 spiro atoms. The summed E-state index contributed by atoms with van der Waals surface area (Å²) in [6, 6.07) is 3.42. The van der Waals surface area contributed by atoms with Crippen molar-refractivity contribution < 1.29 is 0 Å².